The fourth-order valence-corrected chi connectivity index (χ4v) is 2.32. The highest BCUT2D eigenvalue weighted by Crippen LogP contribution is 2.36. The van der Waals surface area contributed by atoms with Crippen LogP contribution >= 0.6 is 0 Å². The molecule has 1 aliphatic heterocycles. The minimum absolute atomic E-state index is 0.255. The van der Waals surface area contributed by atoms with E-state index in [1.165, 1.54) is 4.90 Å². The highest BCUT2D eigenvalue weighted by molar-refractivity contribution is 5.78. The minimum Gasteiger partial charge on any atom is -0.481 e. The zero-order chi connectivity index (χ0) is 14.0. The van der Waals surface area contributed by atoms with Gasteiger partial charge in [0.2, 0.25) is 0 Å². The van der Waals surface area contributed by atoms with Crippen LogP contribution in [0, 0.1) is 5.41 Å². The Kier molecular flexibility index (Phi) is 4.24. The highest BCUT2D eigenvalue weighted by Gasteiger charge is 2.46. The Labute approximate surface area is 108 Å². The van der Waals surface area contributed by atoms with Crippen molar-refractivity contribution in [2.45, 2.75) is 52.6 Å². The molecule has 5 heteroatoms. The average Bonchev–Trinajstić information content (AvgIpc) is 2.61. The van der Waals surface area contributed by atoms with Gasteiger partial charge in [0.1, 0.15) is 5.60 Å². The van der Waals surface area contributed by atoms with Crippen LogP contribution in [0.4, 0.5) is 4.79 Å². The van der Waals surface area contributed by atoms with Gasteiger partial charge in [-0.25, -0.2) is 4.79 Å². The molecule has 104 valence electrons. The lowest BCUT2D eigenvalue weighted by Gasteiger charge is -2.26. The first kappa shape index (κ1) is 14.8. The summed E-state index contributed by atoms with van der Waals surface area (Å²) in [6.45, 7) is 8.08. The quantitative estimate of drug-likeness (QED) is 0.843. The molecule has 0 aromatic rings. The molecular formula is C13H23NO4. The summed E-state index contributed by atoms with van der Waals surface area (Å²) in [6, 6.07) is 0. The standard InChI is InChI=1S/C13H23NO4/c1-5-6-13(10(15)16)7-8-14(9-13)11(17)18-12(2,3)4/h5-9H2,1-4H3,(H,15,16)/t13-/m0/s1. The molecule has 1 atom stereocenters. The van der Waals surface area contributed by atoms with E-state index in [9.17, 15) is 14.7 Å². The largest absolute Gasteiger partial charge is 0.481 e. The number of hydrogen-bond acceptors (Lipinski definition) is 3. The van der Waals surface area contributed by atoms with Gasteiger partial charge in [0.15, 0.2) is 0 Å². The number of carboxylic acid groups (broad SMARTS) is 1. The topological polar surface area (TPSA) is 66.8 Å². The second-order valence-electron chi connectivity index (χ2n) is 5.99. The van der Waals surface area contributed by atoms with Gasteiger partial charge >= 0.3 is 12.1 Å². The SMILES string of the molecule is CCC[C@]1(C(=O)O)CCN(C(=O)OC(C)(C)C)C1. The Morgan fingerprint density at radius 3 is 2.44 bits per heavy atom. The molecule has 1 heterocycles. The fourth-order valence-electron chi connectivity index (χ4n) is 2.32. The van der Waals surface area contributed by atoms with Crippen LogP contribution in [-0.4, -0.2) is 40.8 Å². The summed E-state index contributed by atoms with van der Waals surface area (Å²) in [5.41, 5.74) is -1.33. The Bertz CT molecular complexity index is 334. The lowest BCUT2D eigenvalue weighted by Crippen LogP contribution is -2.39. The smallest absolute Gasteiger partial charge is 0.410 e. The maximum Gasteiger partial charge on any atom is 0.410 e. The van der Waals surface area contributed by atoms with Gasteiger partial charge < -0.3 is 14.7 Å². The van der Waals surface area contributed by atoms with Crippen LogP contribution in [-0.2, 0) is 9.53 Å². The van der Waals surface area contributed by atoms with E-state index in [1.807, 2.05) is 6.92 Å². The molecule has 0 aliphatic carbocycles. The van der Waals surface area contributed by atoms with E-state index in [4.69, 9.17) is 4.74 Å². The van der Waals surface area contributed by atoms with E-state index < -0.39 is 23.1 Å². The Balaban J connectivity index is 2.69. The van der Waals surface area contributed by atoms with Gasteiger partial charge in [0, 0.05) is 13.1 Å². The number of carbonyl (C=O) groups is 2. The number of aliphatic carboxylic acids is 1. The molecule has 18 heavy (non-hydrogen) atoms. The third kappa shape index (κ3) is 3.37. The Morgan fingerprint density at radius 1 is 1.39 bits per heavy atom. The van der Waals surface area contributed by atoms with Crippen LogP contribution in [0.3, 0.4) is 0 Å². The molecule has 0 spiro atoms. The summed E-state index contributed by atoms with van der Waals surface area (Å²) in [7, 11) is 0. The molecule has 1 saturated heterocycles. The summed E-state index contributed by atoms with van der Waals surface area (Å²) in [4.78, 5) is 24.8. The van der Waals surface area contributed by atoms with Gasteiger partial charge in [-0.1, -0.05) is 13.3 Å². The summed E-state index contributed by atoms with van der Waals surface area (Å²) in [5, 5.41) is 9.35. The van der Waals surface area contributed by atoms with Gasteiger partial charge in [0.05, 0.1) is 5.41 Å². The van der Waals surface area contributed by atoms with Gasteiger partial charge in [-0.3, -0.25) is 4.79 Å². The van der Waals surface area contributed by atoms with Crippen molar-refractivity contribution in [1.29, 1.82) is 0 Å². The molecule has 1 N–H and O–H groups in total. The number of rotatable bonds is 3. The molecule has 1 fully saturated rings. The Morgan fingerprint density at radius 2 is 2.00 bits per heavy atom. The molecule has 5 nitrogen and oxygen atoms in total. The maximum absolute atomic E-state index is 11.9. The van der Waals surface area contributed by atoms with Crippen LogP contribution in [0.5, 0.6) is 0 Å². The molecule has 0 saturated carbocycles. The van der Waals surface area contributed by atoms with Crippen LogP contribution in [0.2, 0.25) is 0 Å². The third-order valence-electron chi connectivity index (χ3n) is 3.19. The summed E-state index contributed by atoms with van der Waals surface area (Å²) < 4.78 is 5.27. The second kappa shape index (κ2) is 5.16. The molecule has 1 rings (SSSR count). The van der Waals surface area contributed by atoms with Crippen molar-refractivity contribution in [2.75, 3.05) is 13.1 Å². The molecule has 1 aliphatic rings. The lowest BCUT2D eigenvalue weighted by atomic mass is 9.83. The number of carboxylic acids is 1. The van der Waals surface area contributed by atoms with Crippen LogP contribution in [0.1, 0.15) is 47.0 Å². The number of ether oxygens (including phenoxy) is 1. The molecule has 0 unspecified atom stereocenters. The van der Waals surface area contributed by atoms with E-state index in [-0.39, 0.29) is 6.54 Å². The van der Waals surface area contributed by atoms with Gasteiger partial charge in [-0.2, -0.15) is 0 Å². The van der Waals surface area contributed by atoms with Crippen molar-refractivity contribution in [3.8, 4) is 0 Å². The zero-order valence-electron chi connectivity index (χ0n) is 11.7. The minimum atomic E-state index is -0.810. The summed E-state index contributed by atoms with van der Waals surface area (Å²) >= 11 is 0. The molecular weight excluding hydrogens is 234 g/mol. The molecule has 0 aromatic heterocycles. The summed E-state index contributed by atoms with van der Waals surface area (Å²) in [6.07, 6.45) is 1.49. The van der Waals surface area contributed by atoms with Crippen LogP contribution in [0.25, 0.3) is 0 Å². The zero-order valence-corrected chi connectivity index (χ0v) is 11.7. The average molecular weight is 257 g/mol. The van der Waals surface area contributed by atoms with Crippen molar-refractivity contribution in [2.24, 2.45) is 5.41 Å². The summed E-state index contributed by atoms with van der Waals surface area (Å²) in [5.74, 6) is -0.810. The predicted molar refractivity (Wildman–Crippen MR) is 67.4 cm³/mol. The number of hydrogen-bond donors (Lipinski definition) is 1. The molecule has 0 aromatic carbocycles. The number of carbonyl (C=O) groups excluding carboxylic acids is 1. The number of likely N-dealkylation sites (tertiary alicyclic amines) is 1. The third-order valence-corrected chi connectivity index (χ3v) is 3.19. The first-order chi connectivity index (χ1) is 8.20. The highest BCUT2D eigenvalue weighted by atomic mass is 16.6. The van der Waals surface area contributed by atoms with Crippen molar-refractivity contribution in [1.82, 2.24) is 4.90 Å². The van der Waals surface area contributed by atoms with Crippen LogP contribution in [0.15, 0.2) is 0 Å². The van der Waals surface area contributed by atoms with Crippen molar-refractivity contribution in [3.05, 3.63) is 0 Å². The molecule has 0 bridgehead atoms. The normalized spacial score (nSPS) is 24.1. The van der Waals surface area contributed by atoms with Crippen molar-refractivity contribution in [3.63, 3.8) is 0 Å². The van der Waals surface area contributed by atoms with Crippen molar-refractivity contribution >= 4 is 12.1 Å². The van der Waals surface area contributed by atoms with E-state index in [0.717, 1.165) is 6.42 Å². The first-order valence-corrected chi connectivity index (χ1v) is 6.41. The van der Waals surface area contributed by atoms with Gasteiger partial charge in [-0.15, -0.1) is 0 Å². The molecule has 0 radical (unpaired) electrons. The van der Waals surface area contributed by atoms with Gasteiger partial charge in [-0.05, 0) is 33.6 Å². The number of amides is 1. The van der Waals surface area contributed by atoms with Crippen molar-refractivity contribution < 1.29 is 19.4 Å². The van der Waals surface area contributed by atoms with E-state index in [2.05, 4.69) is 0 Å². The lowest BCUT2D eigenvalue weighted by molar-refractivity contribution is -0.148. The molecule has 1 amide bonds. The predicted octanol–water partition coefficient (Wildman–Crippen LogP) is 2.50. The van der Waals surface area contributed by atoms with E-state index in [1.54, 1.807) is 20.8 Å². The monoisotopic (exact) mass is 257 g/mol. The fraction of sp³-hybridized carbons (Fsp3) is 0.846. The Hall–Kier alpha value is -1.26. The van der Waals surface area contributed by atoms with Gasteiger partial charge in [0.25, 0.3) is 0 Å². The number of nitrogens with zero attached hydrogens (tertiary/aromatic N) is 1. The maximum atomic E-state index is 11.9. The van der Waals surface area contributed by atoms with E-state index in [0.29, 0.717) is 19.4 Å². The second-order valence-corrected chi connectivity index (χ2v) is 5.99. The van der Waals surface area contributed by atoms with Crippen LogP contribution < -0.4 is 0 Å². The first-order valence-electron chi connectivity index (χ1n) is 6.41. The van der Waals surface area contributed by atoms with E-state index >= 15 is 0 Å².